The Balaban J connectivity index is 1.25. The third kappa shape index (κ3) is 3.70. The van der Waals surface area contributed by atoms with Gasteiger partial charge in [0.15, 0.2) is 17.0 Å². The van der Waals surface area contributed by atoms with Crippen LogP contribution < -0.4 is 14.8 Å². The first kappa shape index (κ1) is 19.8. The standard InChI is InChI=1S/C20H20N4O6S/c25-20(21-14-4-5-16-17(12-14)29-11-10-28-16)13-6-8-24(9-7-13)31(26,27)18-3-1-2-15-19(18)23-30-22-15/h1-5,12-13H,6-11H2,(H,21,25). The van der Waals surface area contributed by atoms with E-state index in [1.165, 1.54) is 10.4 Å². The van der Waals surface area contributed by atoms with Gasteiger partial charge in [-0.05, 0) is 47.4 Å². The highest BCUT2D eigenvalue weighted by atomic mass is 32.2. The zero-order valence-electron chi connectivity index (χ0n) is 16.5. The van der Waals surface area contributed by atoms with Gasteiger partial charge in [-0.25, -0.2) is 13.0 Å². The number of benzene rings is 2. The van der Waals surface area contributed by atoms with Crippen molar-refractivity contribution >= 4 is 32.7 Å². The number of nitrogens with one attached hydrogen (secondary N) is 1. The minimum Gasteiger partial charge on any atom is -0.486 e. The average Bonchev–Trinajstić information content (AvgIpc) is 3.28. The molecule has 0 saturated carbocycles. The Labute approximate surface area is 178 Å². The second kappa shape index (κ2) is 7.82. The molecule has 3 aromatic rings. The van der Waals surface area contributed by atoms with Crippen molar-refractivity contribution in [2.45, 2.75) is 17.7 Å². The van der Waals surface area contributed by atoms with Crippen molar-refractivity contribution in [3.8, 4) is 11.5 Å². The summed E-state index contributed by atoms with van der Waals surface area (Å²) in [5.74, 6) is 0.822. The van der Waals surface area contributed by atoms with Gasteiger partial charge in [0.25, 0.3) is 0 Å². The number of sulfonamides is 1. The third-order valence-corrected chi connectivity index (χ3v) is 7.43. The van der Waals surface area contributed by atoms with Gasteiger partial charge >= 0.3 is 0 Å². The fourth-order valence-electron chi connectivity index (χ4n) is 3.85. The number of ether oxygens (including phenoxy) is 2. The molecule has 10 nitrogen and oxygen atoms in total. The van der Waals surface area contributed by atoms with Crippen molar-refractivity contribution in [1.82, 2.24) is 14.6 Å². The predicted molar refractivity (Wildman–Crippen MR) is 109 cm³/mol. The van der Waals surface area contributed by atoms with E-state index >= 15 is 0 Å². The minimum atomic E-state index is -3.77. The summed E-state index contributed by atoms with van der Waals surface area (Å²) < 4.78 is 43.3. The Morgan fingerprint density at radius 3 is 2.61 bits per heavy atom. The Morgan fingerprint density at radius 1 is 1.03 bits per heavy atom. The highest BCUT2D eigenvalue weighted by Gasteiger charge is 2.33. The highest BCUT2D eigenvalue weighted by molar-refractivity contribution is 7.89. The van der Waals surface area contributed by atoms with E-state index in [2.05, 4.69) is 20.3 Å². The lowest BCUT2D eigenvalue weighted by molar-refractivity contribution is -0.120. The van der Waals surface area contributed by atoms with Crippen LogP contribution in [0.2, 0.25) is 0 Å². The molecule has 2 aliphatic heterocycles. The fourth-order valence-corrected chi connectivity index (χ4v) is 5.46. The molecule has 2 aliphatic rings. The summed E-state index contributed by atoms with van der Waals surface area (Å²) in [7, 11) is -3.77. The number of fused-ring (bicyclic) bond motifs is 2. The van der Waals surface area contributed by atoms with Crippen LogP contribution in [0.5, 0.6) is 11.5 Å². The highest BCUT2D eigenvalue weighted by Crippen LogP contribution is 2.33. The number of carbonyl (C=O) groups excluding carboxylic acids is 1. The number of piperidine rings is 1. The van der Waals surface area contributed by atoms with E-state index in [-0.39, 0.29) is 35.3 Å². The third-order valence-electron chi connectivity index (χ3n) is 5.50. The van der Waals surface area contributed by atoms with Crippen LogP contribution in [0.25, 0.3) is 11.0 Å². The lowest BCUT2D eigenvalue weighted by Crippen LogP contribution is -2.41. The number of nitrogens with zero attached hydrogens (tertiary/aromatic N) is 3. The van der Waals surface area contributed by atoms with Crippen LogP contribution in [0, 0.1) is 5.92 Å². The van der Waals surface area contributed by atoms with Gasteiger partial charge in [0.1, 0.15) is 23.6 Å². The molecule has 0 spiro atoms. The second-order valence-electron chi connectivity index (χ2n) is 7.41. The first-order valence-corrected chi connectivity index (χ1v) is 11.4. The quantitative estimate of drug-likeness (QED) is 0.648. The molecular formula is C20H20N4O6S. The predicted octanol–water partition coefficient (Wildman–Crippen LogP) is 2.03. The molecule has 3 heterocycles. The number of hydrogen-bond acceptors (Lipinski definition) is 8. The average molecular weight is 444 g/mol. The van der Waals surface area contributed by atoms with Crippen molar-refractivity contribution in [2.75, 3.05) is 31.6 Å². The maximum atomic E-state index is 13.1. The van der Waals surface area contributed by atoms with Gasteiger partial charge < -0.3 is 14.8 Å². The number of amides is 1. The lowest BCUT2D eigenvalue weighted by atomic mass is 9.97. The van der Waals surface area contributed by atoms with Gasteiger partial charge in [-0.15, -0.1) is 0 Å². The molecule has 1 N–H and O–H groups in total. The molecule has 162 valence electrons. The minimum absolute atomic E-state index is 0.0606. The van der Waals surface area contributed by atoms with Crippen LogP contribution in [0.1, 0.15) is 12.8 Å². The van der Waals surface area contributed by atoms with Gasteiger partial charge in [0, 0.05) is 30.8 Å². The summed E-state index contributed by atoms with van der Waals surface area (Å²) in [6.45, 7) is 1.45. The van der Waals surface area contributed by atoms with Crippen molar-refractivity contribution in [1.29, 1.82) is 0 Å². The van der Waals surface area contributed by atoms with Crippen molar-refractivity contribution < 1.29 is 27.3 Å². The Bertz CT molecular complexity index is 1230. The second-order valence-corrected chi connectivity index (χ2v) is 9.32. The van der Waals surface area contributed by atoms with E-state index in [9.17, 15) is 13.2 Å². The van der Waals surface area contributed by atoms with Crippen molar-refractivity contribution in [2.24, 2.45) is 5.92 Å². The molecule has 2 aromatic carbocycles. The lowest BCUT2D eigenvalue weighted by Gasteiger charge is -2.30. The molecule has 0 unspecified atom stereocenters. The van der Waals surface area contributed by atoms with E-state index in [1.807, 2.05) is 0 Å². The number of hydrogen-bond donors (Lipinski definition) is 1. The molecule has 0 radical (unpaired) electrons. The van der Waals surface area contributed by atoms with Gasteiger partial charge in [-0.3, -0.25) is 4.79 Å². The Kier molecular flexibility index (Phi) is 4.98. The van der Waals surface area contributed by atoms with Crippen LogP contribution >= 0.6 is 0 Å². The van der Waals surface area contributed by atoms with Gasteiger partial charge in [0.05, 0.1) is 0 Å². The zero-order chi connectivity index (χ0) is 21.4. The molecule has 1 aromatic heterocycles. The van der Waals surface area contributed by atoms with Gasteiger partial charge in [0.2, 0.25) is 15.9 Å². The summed E-state index contributed by atoms with van der Waals surface area (Å²) in [5.41, 5.74) is 1.21. The first-order chi connectivity index (χ1) is 15.0. The van der Waals surface area contributed by atoms with Crippen LogP contribution in [-0.2, 0) is 14.8 Å². The number of anilines is 1. The van der Waals surface area contributed by atoms with E-state index in [1.54, 1.807) is 30.3 Å². The Morgan fingerprint density at radius 2 is 1.81 bits per heavy atom. The fraction of sp³-hybridized carbons (Fsp3) is 0.350. The number of carbonyl (C=O) groups is 1. The van der Waals surface area contributed by atoms with Crippen LogP contribution in [0.3, 0.4) is 0 Å². The van der Waals surface area contributed by atoms with E-state index in [4.69, 9.17) is 9.47 Å². The number of rotatable bonds is 4. The number of aromatic nitrogens is 2. The summed E-state index contributed by atoms with van der Waals surface area (Å²) in [4.78, 5) is 12.8. The molecule has 0 atom stereocenters. The molecule has 1 saturated heterocycles. The molecule has 0 aliphatic carbocycles. The summed E-state index contributed by atoms with van der Waals surface area (Å²) in [6.07, 6.45) is 0.839. The smallest absolute Gasteiger partial charge is 0.245 e. The maximum absolute atomic E-state index is 13.1. The van der Waals surface area contributed by atoms with E-state index in [0.717, 1.165) is 0 Å². The zero-order valence-corrected chi connectivity index (χ0v) is 17.3. The van der Waals surface area contributed by atoms with Crippen LogP contribution in [0.15, 0.2) is 45.9 Å². The summed E-state index contributed by atoms with van der Waals surface area (Å²) in [6, 6.07) is 9.99. The SMILES string of the molecule is O=C(Nc1ccc2c(c1)OCCO2)C1CCN(S(=O)(=O)c2cccc3nonc23)CC1. The van der Waals surface area contributed by atoms with Crippen LogP contribution in [0.4, 0.5) is 5.69 Å². The normalized spacial score (nSPS) is 17.5. The molecule has 1 fully saturated rings. The van der Waals surface area contributed by atoms with Gasteiger partial charge in [-0.2, -0.15) is 4.31 Å². The molecule has 31 heavy (non-hydrogen) atoms. The molecular weight excluding hydrogens is 424 g/mol. The summed E-state index contributed by atoms with van der Waals surface area (Å²) in [5, 5.41) is 10.3. The van der Waals surface area contributed by atoms with Crippen molar-refractivity contribution in [3.63, 3.8) is 0 Å². The maximum Gasteiger partial charge on any atom is 0.245 e. The topological polar surface area (TPSA) is 124 Å². The van der Waals surface area contributed by atoms with Gasteiger partial charge in [-0.1, -0.05) is 6.07 Å². The van der Waals surface area contributed by atoms with E-state index < -0.39 is 10.0 Å². The molecule has 1 amide bonds. The van der Waals surface area contributed by atoms with E-state index in [0.29, 0.717) is 48.8 Å². The Hall–Kier alpha value is -3.18. The first-order valence-electron chi connectivity index (χ1n) is 9.94. The van der Waals surface area contributed by atoms with Crippen LogP contribution in [-0.4, -0.2) is 55.2 Å². The largest absolute Gasteiger partial charge is 0.486 e. The molecule has 0 bridgehead atoms. The van der Waals surface area contributed by atoms with Crippen molar-refractivity contribution in [3.05, 3.63) is 36.4 Å². The monoisotopic (exact) mass is 444 g/mol. The summed E-state index contributed by atoms with van der Waals surface area (Å²) >= 11 is 0. The molecule has 5 rings (SSSR count). The molecule has 11 heteroatoms.